The van der Waals surface area contributed by atoms with Crippen LogP contribution in [0.1, 0.15) is 34.6 Å². The molecule has 0 aromatic heterocycles. The smallest absolute Gasteiger partial charge is 0.217 e. The predicted octanol–water partition coefficient (Wildman–Crippen LogP) is -13.8. The zero-order valence-electron chi connectivity index (χ0n) is 46.3. The van der Waals surface area contributed by atoms with Crippen molar-refractivity contribution in [2.75, 3.05) is 33.0 Å². The van der Waals surface area contributed by atoms with E-state index in [0.29, 0.717) is 0 Å². The average Bonchev–Trinajstić information content (AvgIpc) is 1.68. The maximum Gasteiger partial charge on any atom is 0.217 e. The Hall–Kier alpha value is -2.83. The summed E-state index contributed by atoms with van der Waals surface area (Å²) in [6.07, 6.45) is -60.8. The third-order valence-electron chi connectivity index (χ3n) is 15.7. The largest absolute Gasteiger partial charge is 0.394 e. The Balaban J connectivity index is 1.23. The number of ether oxygens (including phenoxy) is 13. The average molecular weight is 1240 g/mol. The Morgan fingerprint density at radius 2 is 0.741 bits per heavy atom. The number of carbonyl (C=O) groups excluding carboxylic acids is 3. The molecule has 85 heavy (non-hydrogen) atoms. The quantitative estimate of drug-likeness (QED) is 0.0538. The normalized spacial score (nSPS) is 49.8. The van der Waals surface area contributed by atoms with Gasteiger partial charge in [0.1, 0.15) is 159 Å². The highest BCUT2D eigenvalue weighted by atomic mass is 16.8. The van der Waals surface area contributed by atoms with Crippen LogP contribution in [0, 0.1) is 0 Å². The molecule has 7 rings (SSSR count). The number of hydrogen-bond acceptors (Lipinski definition) is 34. The van der Waals surface area contributed by atoms with Crippen molar-refractivity contribution >= 4 is 17.7 Å². The molecular formula is C48H81N3O34. The SMILES string of the molecule is CC(=O)N[C@@H]1[C@@H](O)[C@H](O[C@@H]2O[C@H](CO)[C@@H](O[C@@H]3O[C@H](CO)[C@@H](O)[C@H](O[C@H]4O[C@H](CO)[C@@H](O)[C@H](O)[C@@H]4O[C@@H]4O[C@H](CO)[C@@H](O)[C@H](O)[C@H]4NC(C)=O)[C@@H]3O)[C@H](O[C@@H]3O[C@@H](C)[C@@H](O)[C@@H](O)[C@@H]3O)[C@H]2NC(C)=O)[C@@H](CO[C@@H]2O[C@@H](C)[C@@H](O)[C@@H](O)[C@@H]2O)O[C@H]1O. The molecule has 21 N–H and O–H groups in total. The molecule has 7 saturated heterocycles. The number of aliphatic hydroxyl groups is 18. The summed E-state index contributed by atoms with van der Waals surface area (Å²) >= 11 is 0. The van der Waals surface area contributed by atoms with Gasteiger partial charge in [-0.25, -0.2) is 0 Å². The molecule has 7 heterocycles. The monoisotopic (exact) mass is 1240 g/mol. The van der Waals surface area contributed by atoms with Crippen molar-refractivity contribution in [3.63, 3.8) is 0 Å². The van der Waals surface area contributed by atoms with Crippen molar-refractivity contribution < 1.29 is 168 Å². The van der Waals surface area contributed by atoms with E-state index in [1.54, 1.807) is 0 Å². The van der Waals surface area contributed by atoms with Crippen molar-refractivity contribution in [2.45, 2.75) is 249 Å². The summed E-state index contributed by atoms with van der Waals surface area (Å²) in [7, 11) is 0. The molecule has 0 spiro atoms. The summed E-state index contributed by atoms with van der Waals surface area (Å²) in [5, 5.41) is 204. The number of rotatable bonds is 20. The van der Waals surface area contributed by atoms with Crippen LogP contribution in [0.4, 0.5) is 0 Å². The summed E-state index contributed by atoms with van der Waals surface area (Å²) in [4.78, 5) is 37.9. The van der Waals surface area contributed by atoms with E-state index < -0.39 is 266 Å². The van der Waals surface area contributed by atoms with E-state index in [-0.39, 0.29) is 0 Å². The van der Waals surface area contributed by atoms with Crippen LogP contribution < -0.4 is 16.0 Å². The lowest BCUT2D eigenvalue weighted by Crippen LogP contribution is -2.72. The first kappa shape index (κ1) is 69.6. The molecule has 0 saturated carbocycles. The highest BCUT2D eigenvalue weighted by Crippen LogP contribution is 2.38. The minimum Gasteiger partial charge on any atom is -0.394 e. The summed E-state index contributed by atoms with van der Waals surface area (Å²) in [5.41, 5.74) is 0. The number of nitrogens with one attached hydrogen (secondary N) is 3. The minimum atomic E-state index is -2.36. The van der Waals surface area contributed by atoms with Gasteiger partial charge in [0.15, 0.2) is 44.0 Å². The maximum absolute atomic E-state index is 13.3. The molecule has 0 radical (unpaired) electrons. The molecule has 37 nitrogen and oxygen atoms in total. The van der Waals surface area contributed by atoms with Gasteiger partial charge in [-0.15, -0.1) is 0 Å². The molecule has 0 unspecified atom stereocenters. The molecule has 35 atom stereocenters. The molecule has 0 aromatic carbocycles. The zero-order chi connectivity index (χ0) is 62.8. The summed E-state index contributed by atoms with van der Waals surface area (Å²) < 4.78 is 77.1. The van der Waals surface area contributed by atoms with Crippen molar-refractivity contribution in [3.05, 3.63) is 0 Å². The molecule has 37 heteroatoms. The van der Waals surface area contributed by atoms with Crippen LogP contribution >= 0.6 is 0 Å². The van der Waals surface area contributed by atoms with Gasteiger partial charge in [-0.3, -0.25) is 14.4 Å². The first-order chi connectivity index (χ1) is 40.1. The summed E-state index contributed by atoms with van der Waals surface area (Å²) in [6.45, 7) is 0.665. The van der Waals surface area contributed by atoms with E-state index in [1.165, 1.54) is 13.8 Å². The van der Waals surface area contributed by atoms with Gasteiger partial charge >= 0.3 is 0 Å². The molecule has 492 valence electrons. The van der Waals surface area contributed by atoms with Crippen molar-refractivity contribution in [2.24, 2.45) is 0 Å². The Bertz CT molecular complexity index is 2150. The maximum atomic E-state index is 13.3. The Labute approximate surface area is 483 Å². The van der Waals surface area contributed by atoms with E-state index in [1.807, 2.05) is 0 Å². The third-order valence-corrected chi connectivity index (χ3v) is 15.7. The number of carbonyl (C=O) groups is 3. The van der Waals surface area contributed by atoms with E-state index in [9.17, 15) is 106 Å². The fraction of sp³-hybridized carbons (Fsp3) is 0.938. The lowest BCUT2D eigenvalue weighted by molar-refractivity contribution is -0.398. The molecule has 0 aromatic rings. The van der Waals surface area contributed by atoms with Gasteiger partial charge in [0.05, 0.1) is 45.2 Å². The van der Waals surface area contributed by atoms with Crippen LogP contribution in [-0.2, 0) is 76.0 Å². The molecule has 7 aliphatic heterocycles. The third kappa shape index (κ3) is 15.3. The molecule has 3 amide bonds. The zero-order valence-corrected chi connectivity index (χ0v) is 46.3. The van der Waals surface area contributed by atoms with E-state index >= 15 is 0 Å². The highest BCUT2D eigenvalue weighted by molar-refractivity contribution is 5.74. The van der Waals surface area contributed by atoms with Crippen LogP contribution in [0.5, 0.6) is 0 Å². The van der Waals surface area contributed by atoms with Gasteiger partial charge in [0.25, 0.3) is 0 Å². The summed E-state index contributed by atoms with van der Waals surface area (Å²) in [6, 6.07) is -5.26. The topological polar surface area (TPSA) is 571 Å². The molecule has 7 fully saturated rings. The van der Waals surface area contributed by atoms with Crippen LogP contribution in [-0.4, -0.2) is 357 Å². The first-order valence-corrected chi connectivity index (χ1v) is 27.3. The van der Waals surface area contributed by atoms with Crippen LogP contribution in [0.3, 0.4) is 0 Å². The summed E-state index contributed by atoms with van der Waals surface area (Å²) in [5.74, 6) is -2.51. The fourth-order valence-electron chi connectivity index (χ4n) is 11.0. The van der Waals surface area contributed by atoms with E-state index in [4.69, 9.17) is 61.6 Å². The lowest BCUT2D eigenvalue weighted by atomic mass is 9.93. The van der Waals surface area contributed by atoms with Gasteiger partial charge in [0.2, 0.25) is 17.7 Å². The van der Waals surface area contributed by atoms with Crippen LogP contribution in [0.2, 0.25) is 0 Å². The molecule has 0 aliphatic carbocycles. The second kappa shape index (κ2) is 29.9. The molecule has 0 bridgehead atoms. The first-order valence-electron chi connectivity index (χ1n) is 27.3. The standard InChI is InChI=1S/C48H81N3O34/c1-11-24(59)31(66)34(69)45(74-11)73-10-20-37(30(65)21(42(72)76-20)49-13(3)56)81-44-23(51-15(5)58)39(83-46-35(70)32(67)25(60)12(2)75-46)38(19(9-55)80-44)82-47-36(71)40(28(63)18(8-54)78-47)84-48-41(33(68)27(62)17(7-53)79-48)85-43-22(50-14(4)57)29(64)26(61)16(6-52)77-43/h11-12,16-48,52-55,59-72H,6-10H2,1-5H3,(H,49,56)(H,50,57)(H,51,58)/t11-,12-,16+,17+,18+,19+,20+,21+,22+,23+,24+,25+,26+,27+,28+,29+,30+,31+,32+,33-,34-,35-,36-,37+,38+,39+,40-,41-,42+,43-,44-,45+,46-,47-,48+/m0/s1. The van der Waals surface area contributed by atoms with Gasteiger partial charge in [0, 0.05) is 20.8 Å². The van der Waals surface area contributed by atoms with E-state index in [0.717, 1.165) is 20.8 Å². The van der Waals surface area contributed by atoms with Crippen molar-refractivity contribution in [1.29, 1.82) is 0 Å². The second-order valence-electron chi connectivity index (χ2n) is 21.8. The molecule has 7 aliphatic rings. The Morgan fingerprint density at radius 3 is 1.31 bits per heavy atom. The van der Waals surface area contributed by atoms with Crippen LogP contribution in [0.15, 0.2) is 0 Å². The number of amides is 3. The van der Waals surface area contributed by atoms with E-state index in [2.05, 4.69) is 16.0 Å². The van der Waals surface area contributed by atoms with Gasteiger partial charge in [-0.2, -0.15) is 0 Å². The number of aliphatic hydroxyl groups excluding tert-OH is 18. The van der Waals surface area contributed by atoms with Gasteiger partial charge in [-0.1, -0.05) is 0 Å². The van der Waals surface area contributed by atoms with Crippen LogP contribution in [0.25, 0.3) is 0 Å². The second-order valence-corrected chi connectivity index (χ2v) is 21.8. The predicted molar refractivity (Wildman–Crippen MR) is 264 cm³/mol. The van der Waals surface area contributed by atoms with Gasteiger partial charge < -0.3 is 169 Å². The van der Waals surface area contributed by atoms with Gasteiger partial charge in [-0.05, 0) is 13.8 Å². The minimum absolute atomic E-state index is 0.794. The highest BCUT2D eigenvalue weighted by Gasteiger charge is 2.59. The Morgan fingerprint density at radius 1 is 0.329 bits per heavy atom. The number of hydrogen-bond donors (Lipinski definition) is 21. The molecular weight excluding hydrogens is 1160 g/mol. The van der Waals surface area contributed by atoms with Crippen molar-refractivity contribution in [1.82, 2.24) is 16.0 Å². The lowest BCUT2D eigenvalue weighted by Gasteiger charge is -2.52. The fourth-order valence-corrected chi connectivity index (χ4v) is 11.0. The Kier molecular flexibility index (Phi) is 24.5. The van der Waals surface area contributed by atoms with Crippen molar-refractivity contribution in [3.8, 4) is 0 Å².